The van der Waals surface area contributed by atoms with E-state index < -0.39 is 0 Å². The molecule has 4 N–H and O–H groups in total. The number of carbonyl (C=O) groups is 2. The molecular weight excluding hydrogens is 220 g/mol. The zero-order chi connectivity index (χ0) is 12.8. The lowest BCUT2D eigenvalue weighted by molar-refractivity contribution is 0.253. The van der Waals surface area contributed by atoms with Gasteiger partial charge in [0.15, 0.2) is 0 Å². The van der Waals surface area contributed by atoms with Crippen molar-refractivity contribution in [3.05, 3.63) is 23.8 Å². The Morgan fingerprint density at radius 3 is 2.18 bits per heavy atom. The van der Waals surface area contributed by atoms with Gasteiger partial charge < -0.3 is 21.3 Å². The van der Waals surface area contributed by atoms with Gasteiger partial charge in [-0.2, -0.15) is 0 Å². The molecule has 6 heteroatoms. The molecule has 0 aliphatic rings. The average Bonchev–Trinajstić information content (AvgIpc) is 2.33. The van der Waals surface area contributed by atoms with Gasteiger partial charge in [0, 0.05) is 25.5 Å². The van der Waals surface area contributed by atoms with Gasteiger partial charge in [0.25, 0.3) is 0 Å². The summed E-state index contributed by atoms with van der Waals surface area (Å²) < 4.78 is 0. The minimum Gasteiger partial charge on any atom is -0.341 e. The number of urea groups is 2. The smallest absolute Gasteiger partial charge is 0.318 e. The number of rotatable bonds is 2. The van der Waals surface area contributed by atoms with Gasteiger partial charge >= 0.3 is 12.1 Å². The molecule has 0 atom stereocenters. The maximum atomic E-state index is 11.2. The monoisotopic (exact) mass is 236 g/mol. The van der Waals surface area contributed by atoms with Crippen molar-refractivity contribution >= 4 is 23.4 Å². The maximum Gasteiger partial charge on any atom is 0.318 e. The Balaban J connectivity index is 2.86. The minimum absolute atomic E-state index is 0.301. The molecule has 0 aromatic heterocycles. The van der Waals surface area contributed by atoms with Crippen LogP contribution in [-0.4, -0.2) is 26.2 Å². The van der Waals surface area contributed by atoms with E-state index in [0.717, 1.165) is 5.56 Å². The fourth-order valence-electron chi connectivity index (χ4n) is 1.21. The largest absolute Gasteiger partial charge is 0.341 e. The van der Waals surface area contributed by atoms with Crippen LogP contribution in [0.4, 0.5) is 21.0 Å². The first-order valence-electron chi connectivity index (χ1n) is 5.15. The molecule has 17 heavy (non-hydrogen) atoms. The van der Waals surface area contributed by atoms with Crippen LogP contribution in [0.25, 0.3) is 0 Å². The summed E-state index contributed by atoms with van der Waals surface area (Å²) in [6, 6.07) is 4.67. The van der Waals surface area contributed by atoms with Gasteiger partial charge in [0.05, 0.1) is 0 Å². The van der Waals surface area contributed by atoms with E-state index in [2.05, 4.69) is 21.3 Å². The van der Waals surface area contributed by atoms with Crippen LogP contribution in [0.3, 0.4) is 0 Å². The van der Waals surface area contributed by atoms with E-state index in [-0.39, 0.29) is 12.1 Å². The van der Waals surface area contributed by atoms with E-state index in [0.29, 0.717) is 11.4 Å². The highest BCUT2D eigenvalue weighted by atomic mass is 16.2. The number of hydrogen-bond donors (Lipinski definition) is 4. The lowest BCUT2D eigenvalue weighted by Gasteiger charge is -2.11. The highest BCUT2D eigenvalue weighted by Crippen LogP contribution is 2.20. The third kappa shape index (κ3) is 3.67. The molecule has 1 rings (SSSR count). The molecule has 0 radical (unpaired) electrons. The van der Waals surface area contributed by atoms with Crippen LogP contribution in [0.15, 0.2) is 18.2 Å². The molecule has 0 unspecified atom stereocenters. The molecule has 4 amide bonds. The standard InChI is InChI=1S/C11H16N4O2/c1-7-4-5-8(14-10(16)12-2)6-9(7)15-11(17)13-3/h4-6H,1-3H3,(H2,12,14,16)(H2,13,15,17). The Bertz CT molecular complexity index is 431. The predicted molar refractivity (Wildman–Crippen MR) is 67.3 cm³/mol. The quantitative estimate of drug-likeness (QED) is 0.627. The fraction of sp³-hybridized carbons (Fsp3) is 0.273. The number of aryl methyl sites for hydroxylation is 1. The van der Waals surface area contributed by atoms with Crippen LogP contribution in [0, 0.1) is 6.92 Å². The Hall–Kier alpha value is -2.24. The zero-order valence-corrected chi connectivity index (χ0v) is 10.0. The Morgan fingerprint density at radius 1 is 1.00 bits per heavy atom. The van der Waals surface area contributed by atoms with Crippen LogP contribution < -0.4 is 21.3 Å². The lowest BCUT2D eigenvalue weighted by Crippen LogP contribution is -2.26. The van der Waals surface area contributed by atoms with Crippen LogP contribution >= 0.6 is 0 Å². The first-order valence-corrected chi connectivity index (χ1v) is 5.15. The molecule has 0 bridgehead atoms. The maximum absolute atomic E-state index is 11.2. The van der Waals surface area contributed by atoms with Gasteiger partial charge in [-0.05, 0) is 24.6 Å². The van der Waals surface area contributed by atoms with Crippen molar-refractivity contribution in [1.29, 1.82) is 0 Å². The van der Waals surface area contributed by atoms with E-state index in [1.165, 1.54) is 14.1 Å². The minimum atomic E-state index is -0.306. The summed E-state index contributed by atoms with van der Waals surface area (Å²) in [5.41, 5.74) is 2.18. The molecule has 0 saturated carbocycles. The average molecular weight is 236 g/mol. The number of hydrogen-bond acceptors (Lipinski definition) is 2. The van der Waals surface area contributed by atoms with Gasteiger partial charge in [-0.25, -0.2) is 9.59 Å². The normalized spacial score (nSPS) is 9.35. The summed E-state index contributed by atoms with van der Waals surface area (Å²) in [6.07, 6.45) is 0. The summed E-state index contributed by atoms with van der Waals surface area (Å²) in [6.45, 7) is 1.87. The van der Waals surface area contributed by atoms with Crippen molar-refractivity contribution in [2.75, 3.05) is 24.7 Å². The molecular formula is C11H16N4O2. The van der Waals surface area contributed by atoms with Crippen molar-refractivity contribution in [1.82, 2.24) is 10.6 Å². The fourth-order valence-corrected chi connectivity index (χ4v) is 1.21. The second kappa shape index (κ2) is 5.74. The first-order chi connectivity index (χ1) is 8.06. The van der Waals surface area contributed by atoms with Gasteiger partial charge in [0.2, 0.25) is 0 Å². The third-order valence-electron chi connectivity index (χ3n) is 2.20. The third-order valence-corrected chi connectivity index (χ3v) is 2.20. The van der Waals surface area contributed by atoms with Gasteiger partial charge in [-0.15, -0.1) is 0 Å². The van der Waals surface area contributed by atoms with Crippen LogP contribution in [0.1, 0.15) is 5.56 Å². The number of anilines is 2. The summed E-state index contributed by atoms with van der Waals surface area (Å²) in [5.74, 6) is 0. The highest BCUT2D eigenvalue weighted by molar-refractivity contribution is 5.93. The second-order valence-corrected chi connectivity index (χ2v) is 3.44. The van der Waals surface area contributed by atoms with E-state index in [4.69, 9.17) is 0 Å². The molecule has 0 fully saturated rings. The summed E-state index contributed by atoms with van der Waals surface area (Å²) in [7, 11) is 3.07. The summed E-state index contributed by atoms with van der Waals surface area (Å²) >= 11 is 0. The first kappa shape index (κ1) is 12.8. The topological polar surface area (TPSA) is 82.3 Å². The zero-order valence-electron chi connectivity index (χ0n) is 10.0. The van der Waals surface area contributed by atoms with Crippen LogP contribution in [-0.2, 0) is 0 Å². The van der Waals surface area contributed by atoms with Crippen molar-refractivity contribution < 1.29 is 9.59 Å². The predicted octanol–water partition coefficient (Wildman–Crippen LogP) is 1.50. The van der Waals surface area contributed by atoms with E-state index >= 15 is 0 Å². The summed E-state index contributed by atoms with van der Waals surface area (Å²) in [5, 5.41) is 10.2. The molecule has 0 spiro atoms. The van der Waals surface area contributed by atoms with Crippen molar-refractivity contribution in [3.8, 4) is 0 Å². The number of benzene rings is 1. The number of carbonyl (C=O) groups excluding carboxylic acids is 2. The summed E-state index contributed by atoms with van der Waals surface area (Å²) in [4.78, 5) is 22.3. The Kier molecular flexibility index (Phi) is 4.33. The second-order valence-electron chi connectivity index (χ2n) is 3.44. The molecule has 92 valence electrons. The van der Waals surface area contributed by atoms with Gasteiger partial charge in [-0.1, -0.05) is 6.07 Å². The molecule has 0 aliphatic carbocycles. The van der Waals surface area contributed by atoms with Crippen molar-refractivity contribution in [3.63, 3.8) is 0 Å². The molecule has 0 heterocycles. The Labute approximate surface area is 99.8 Å². The van der Waals surface area contributed by atoms with Crippen LogP contribution in [0.2, 0.25) is 0 Å². The van der Waals surface area contributed by atoms with Crippen LogP contribution in [0.5, 0.6) is 0 Å². The molecule has 0 saturated heterocycles. The highest BCUT2D eigenvalue weighted by Gasteiger charge is 2.05. The SMILES string of the molecule is CNC(=O)Nc1ccc(C)c(NC(=O)NC)c1. The van der Waals surface area contributed by atoms with E-state index in [9.17, 15) is 9.59 Å². The molecule has 0 aliphatic heterocycles. The van der Waals surface area contributed by atoms with Crippen molar-refractivity contribution in [2.24, 2.45) is 0 Å². The van der Waals surface area contributed by atoms with Gasteiger partial charge in [-0.3, -0.25) is 0 Å². The molecule has 1 aromatic rings. The lowest BCUT2D eigenvalue weighted by atomic mass is 10.2. The number of amides is 4. The van der Waals surface area contributed by atoms with Crippen molar-refractivity contribution in [2.45, 2.75) is 6.92 Å². The molecule has 1 aromatic carbocycles. The Morgan fingerprint density at radius 2 is 1.59 bits per heavy atom. The molecule has 6 nitrogen and oxygen atoms in total. The van der Waals surface area contributed by atoms with E-state index in [1.807, 2.05) is 13.0 Å². The van der Waals surface area contributed by atoms with E-state index in [1.54, 1.807) is 12.1 Å². The van der Waals surface area contributed by atoms with Gasteiger partial charge in [0.1, 0.15) is 0 Å². The number of nitrogens with one attached hydrogen (secondary N) is 4.